The number of aromatic carboxylic acids is 1. The largest absolute Gasteiger partial charge is 0.478 e. The molecule has 0 saturated carbocycles. The number of carboxylic acids is 1. The number of nitrogens with zero attached hydrogens (tertiary/aromatic N) is 2. The van der Waals surface area contributed by atoms with Crippen molar-refractivity contribution >= 4 is 11.9 Å². The van der Waals surface area contributed by atoms with Crippen molar-refractivity contribution in [3.8, 4) is 0 Å². The minimum absolute atomic E-state index is 0.0103. The normalized spacial score (nSPS) is 12.2. The van der Waals surface area contributed by atoms with E-state index in [1.165, 1.54) is 6.07 Å². The summed E-state index contributed by atoms with van der Waals surface area (Å²) in [6.45, 7) is 5.79. The molecule has 0 aliphatic rings. The van der Waals surface area contributed by atoms with Crippen LogP contribution in [0, 0.1) is 13.8 Å². The van der Waals surface area contributed by atoms with Crippen molar-refractivity contribution < 1.29 is 19.1 Å². The highest BCUT2D eigenvalue weighted by atomic mass is 16.4. The molecule has 0 aromatic carbocycles. The van der Waals surface area contributed by atoms with Crippen LogP contribution in [0.1, 0.15) is 44.8 Å². The van der Waals surface area contributed by atoms with E-state index >= 15 is 0 Å². The standard InChI is InChI=1S/C15H19N3O4/c1-8(5-12-9(2)17-18(4)10(12)3)16-14(19)13-6-11(7-22-13)15(20)21/h6-8H,5H2,1-4H3,(H,16,19)(H,20,21)/t8-/m0/s1. The van der Waals surface area contributed by atoms with Crippen LogP contribution < -0.4 is 5.32 Å². The molecular formula is C15H19N3O4. The third-order valence-corrected chi connectivity index (χ3v) is 3.62. The zero-order valence-electron chi connectivity index (χ0n) is 13.0. The number of carboxylic acid groups (broad SMARTS) is 1. The van der Waals surface area contributed by atoms with Gasteiger partial charge in [0.05, 0.1) is 11.3 Å². The Labute approximate surface area is 127 Å². The quantitative estimate of drug-likeness (QED) is 0.876. The molecule has 0 unspecified atom stereocenters. The first-order valence-electron chi connectivity index (χ1n) is 6.91. The third kappa shape index (κ3) is 3.19. The molecule has 1 atom stereocenters. The number of nitrogens with one attached hydrogen (secondary N) is 1. The van der Waals surface area contributed by atoms with Crippen LogP contribution in [0.4, 0.5) is 0 Å². The first kappa shape index (κ1) is 15.8. The van der Waals surface area contributed by atoms with Crippen LogP contribution in [0.2, 0.25) is 0 Å². The van der Waals surface area contributed by atoms with Crippen LogP contribution in [0.5, 0.6) is 0 Å². The van der Waals surface area contributed by atoms with Gasteiger partial charge in [-0.3, -0.25) is 9.48 Å². The van der Waals surface area contributed by atoms with E-state index in [2.05, 4.69) is 10.4 Å². The maximum absolute atomic E-state index is 12.0. The number of aromatic nitrogens is 2. The van der Waals surface area contributed by atoms with Gasteiger partial charge in [0.15, 0.2) is 5.76 Å². The maximum atomic E-state index is 12.0. The topological polar surface area (TPSA) is 97.4 Å². The summed E-state index contributed by atoms with van der Waals surface area (Å²) in [7, 11) is 1.88. The molecule has 2 N–H and O–H groups in total. The first-order chi connectivity index (χ1) is 10.3. The molecule has 0 spiro atoms. The Hall–Kier alpha value is -2.57. The van der Waals surface area contributed by atoms with Gasteiger partial charge in [-0.25, -0.2) is 4.79 Å². The molecular weight excluding hydrogens is 286 g/mol. The summed E-state index contributed by atoms with van der Waals surface area (Å²) in [5.41, 5.74) is 3.05. The fraction of sp³-hybridized carbons (Fsp3) is 0.400. The second-order valence-corrected chi connectivity index (χ2v) is 5.36. The predicted octanol–water partition coefficient (Wildman–Crippen LogP) is 1.69. The molecule has 2 aromatic rings. The van der Waals surface area contributed by atoms with E-state index in [0.717, 1.165) is 23.2 Å². The number of carbonyl (C=O) groups is 2. The number of amides is 1. The van der Waals surface area contributed by atoms with Crippen LogP contribution in [0.3, 0.4) is 0 Å². The SMILES string of the molecule is Cc1nn(C)c(C)c1C[C@H](C)NC(=O)c1cc(C(=O)O)co1. The Morgan fingerprint density at radius 3 is 2.64 bits per heavy atom. The van der Waals surface area contributed by atoms with Crippen molar-refractivity contribution in [3.05, 3.63) is 40.6 Å². The van der Waals surface area contributed by atoms with Gasteiger partial charge in [0.25, 0.3) is 5.91 Å². The molecule has 22 heavy (non-hydrogen) atoms. The molecule has 0 fully saturated rings. The zero-order valence-corrected chi connectivity index (χ0v) is 13.0. The summed E-state index contributed by atoms with van der Waals surface area (Å²) in [6, 6.07) is 1.08. The van der Waals surface area contributed by atoms with Crippen LogP contribution in [0.15, 0.2) is 16.7 Å². The summed E-state index contributed by atoms with van der Waals surface area (Å²) in [6.07, 6.45) is 1.70. The van der Waals surface area contributed by atoms with Crippen molar-refractivity contribution in [2.45, 2.75) is 33.2 Å². The fourth-order valence-electron chi connectivity index (χ4n) is 2.33. The van der Waals surface area contributed by atoms with Gasteiger partial charge in [0.1, 0.15) is 6.26 Å². The number of aryl methyl sites for hydroxylation is 2. The minimum atomic E-state index is -1.13. The van der Waals surface area contributed by atoms with Crippen molar-refractivity contribution in [1.29, 1.82) is 0 Å². The van der Waals surface area contributed by atoms with E-state index in [4.69, 9.17) is 9.52 Å². The number of carbonyl (C=O) groups excluding carboxylic acids is 1. The Morgan fingerprint density at radius 1 is 1.45 bits per heavy atom. The van der Waals surface area contributed by atoms with Gasteiger partial charge in [-0.2, -0.15) is 5.10 Å². The Morgan fingerprint density at radius 2 is 2.14 bits per heavy atom. The van der Waals surface area contributed by atoms with Crippen LogP contribution in [-0.4, -0.2) is 32.8 Å². The second kappa shape index (κ2) is 6.05. The highest BCUT2D eigenvalue weighted by molar-refractivity contribution is 5.95. The summed E-state index contributed by atoms with van der Waals surface area (Å²) >= 11 is 0. The lowest BCUT2D eigenvalue weighted by Gasteiger charge is -2.13. The Bertz CT molecular complexity index is 714. The molecule has 118 valence electrons. The average Bonchev–Trinajstić information content (AvgIpc) is 3.01. The highest BCUT2D eigenvalue weighted by Gasteiger charge is 2.18. The summed E-state index contributed by atoms with van der Waals surface area (Å²) in [5.74, 6) is -1.57. The lowest BCUT2D eigenvalue weighted by molar-refractivity contribution is 0.0695. The highest BCUT2D eigenvalue weighted by Crippen LogP contribution is 2.15. The van der Waals surface area contributed by atoms with Crippen LogP contribution in [-0.2, 0) is 13.5 Å². The summed E-state index contributed by atoms with van der Waals surface area (Å²) in [4.78, 5) is 22.8. The monoisotopic (exact) mass is 305 g/mol. The molecule has 7 heteroatoms. The molecule has 1 amide bonds. The third-order valence-electron chi connectivity index (χ3n) is 3.62. The van der Waals surface area contributed by atoms with Crippen molar-refractivity contribution in [2.75, 3.05) is 0 Å². The molecule has 2 aromatic heterocycles. The number of hydrogen-bond acceptors (Lipinski definition) is 4. The smallest absolute Gasteiger partial charge is 0.338 e. The number of rotatable bonds is 5. The van der Waals surface area contributed by atoms with E-state index < -0.39 is 11.9 Å². The zero-order chi connectivity index (χ0) is 16.4. The van der Waals surface area contributed by atoms with Gasteiger partial charge >= 0.3 is 5.97 Å². The predicted molar refractivity (Wildman–Crippen MR) is 79.0 cm³/mol. The van der Waals surface area contributed by atoms with Crippen molar-refractivity contribution in [2.24, 2.45) is 7.05 Å². The van der Waals surface area contributed by atoms with Gasteiger partial charge in [0.2, 0.25) is 0 Å². The molecule has 0 saturated heterocycles. The summed E-state index contributed by atoms with van der Waals surface area (Å²) in [5, 5.41) is 16.0. The molecule has 0 aliphatic heterocycles. The molecule has 0 aliphatic carbocycles. The Balaban J connectivity index is 2.03. The minimum Gasteiger partial charge on any atom is -0.478 e. The van der Waals surface area contributed by atoms with E-state index in [1.807, 2.05) is 32.5 Å². The van der Waals surface area contributed by atoms with E-state index in [1.54, 1.807) is 0 Å². The molecule has 2 rings (SSSR count). The van der Waals surface area contributed by atoms with Crippen LogP contribution >= 0.6 is 0 Å². The number of hydrogen-bond donors (Lipinski definition) is 2. The maximum Gasteiger partial charge on any atom is 0.338 e. The second-order valence-electron chi connectivity index (χ2n) is 5.36. The van der Waals surface area contributed by atoms with Crippen LogP contribution in [0.25, 0.3) is 0 Å². The van der Waals surface area contributed by atoms with Gasteiger partial charge in [0, 0.05) is 24.8 Å². The number of furan rings is 1. The van der Waals surface area contributed by atoms with Gasteiger partial charge < -0.3 is 14.8 Å². The average molecular weight is 305 g/mol. The molecule has 7 nitrogen and oxygen atoms in total. The lowest BCUT2D eigenvalue weighted by Crippen LogP contribution is -2.34. The van der Waals surface area contributed by atoms with Gasteiger partial charge in [-0.1, -0.05) is 0 Å². The van der Waals surface area contributed by atoms with Gasteiger partial charge in [-0.05, 0) is 32.8 Å². The fourth-order valence-corrected chi connectivity index (χ4v) is 2.33. The first-order valence-corrected chi connectivity index (χ1v) is 6.91. The van der Waals surface area contributed by atoms with E-state index in [-0.39, 0.29) is 17.4 Å². The van der Waals surface area contributed by atoms with Crippen molar-refractivity contribution in [1.82, 2.24) is 15.1 Å². The summed E-state index contributed by atoms with van der Waals surface area (Å²) < 4.78 is 6.79. The lowest BCUT2D eigenvalue weighted by atomic mass is 10.1. The van der Waals surface area contributed by atoms with E-state index in [9.17, 15) is 9.59 Å². The molecule has 0 radical (unpaired) electrons. The molecule has 0 bridgehead atoms. The van der Waals surface area contributed by atoms with E-state index in [0.29, 0.717) is 6.42 Å². The molecule has 2 heterocycles. The Kier molecular flexibility index (Phi) is 4.35. The van der Waals surface area contributed by atoms with Crippen molar-refractivity contribution in [3.63, 3.8) is 0 Å². The van der Waals surface area contributed by atoms with Gasteiger partial charge in [-0.15, -0.1) is 0 Å².